The molecule has 0 radical (unpaired) electrons. The molecule has 1 fully saturated rings. The Hall–Kier alpha value is -0.960. The van der Waals surface area contributed by atoms with Gasteiger partial charge < -0.3 is 10.1 Å². The number of sulfone groups is 1. The van der Waals surface area contributed by atoms with E-state index in [9.17, 15) is 18.0 Å². The molecule has 10 heteroatoms. The highest BCUT2D eigenvalue weighted by atomic mass is 35.5. The Labute approximate surface area is 154 Å². The molecule has 0 aromatic heterocycles. The van der Waals surface area contributed by atoms with Crippen molar-refractivity contribution in [2.75, 3.05) is 29.2 Å². The Morgan fingerprint density at radius 2 is 1.92 bits per heavy atom. The second-order valence-corrected chi connectivity index (χ2v) is 9.59. The van der Waals surface area contributed by atoms with Crippen LogP contribution in [0.2, 0.25) is 10.0 Å². The first-order valence-corrected chi connectivity index (χ1v) is 10.6. The number of nitrogens with one attached hydrogen (secondary N) is 1. The first-order chi connectivity index (χ1) is 11.2. The third-order valence-corrected chi connectivity index (χ3v) is 6.83. The maximum absolute atomic E-state index is 11.7. The zero-order valence-corrected chi connectivity index (χ0v) is 15.6. The van der Waals surface area contributed by atoms with Crippen LogP contribution >= 0.6 is 35.0 Å². The van der Waals surface area contributed by atoms with E-state index in [0.717, 1.165) is 0 Å². The van der Waals surface area contributed by atoms with Crippen LogP contribution in [0.5, 0.6) is 0 Å². The van der Waals surface area contributed by atoms with Gasteiger partial charge in [-0.2, -0.15) is 0 Å². The molecule has 1 aromatic rings. The number of hydrogen-bond acceptors (Lipinski definition) is 6. The quantitative estimate of drug-likeness (QED) is 0.722. The maximum atomic E-state index is 11.7. The second-order valence-electron chi connectivity index (χ2n) is 5.20. The highest BCUT2D eigenvalue weighted by Crippen LogP contribution is 2.24. The third kappa shape index (κ3) is 6.51. The second kappa shape index (κ2) is 8.42. The van der Waals surface area contributed by atoms with E-state index in [1.807, 2.05) is 0 Å². The predicted octanol–water partition coefficient (Wildman–Crippen LogP) is 2.40. The monoisotopic (exact) mass is 411 g/mol. The zero-order valence-electron chi connectivity index (χ0n) is 12.5. The van der Waals surface area contributed by atoms with Crippen LogP contribution in [0.15, 0.2) is 18.2 Å². The van der Waals surface area contributed by atoms with Crippen molar-refractivity contribution >= 4 is 62.4 Å². The van der Waals surface area contributed by atoms with E-state index in [0.29, 0.717) is 22.2 Å². The van der Waals surface area contributed by atoms with Crippen molar-refractivity contribution in [1.29, 1.82) is 0 Å². The van der Waals surface area contributed by atoms with Crippen LogP contribution in [0.4, 0.5) is 5.69 Å². The van der Waals surface area contributed by atoms with Gasteiger partial charge in [0.05, 0.1) is 17.3 Å². The summed E-state index contributed by atoms with van der Waals surface area (Å²) in [6.45, 7) is -0.438. The van der Waals surface area contributed by atoms with Gasteiger partial charge in [0.15, 0.2) is 16.4 Å². The molecule has 1 aliphatic heterocycles. The van der Waals surface area contributed by atoms with Gasteiger partial charge in [-0.15, -0.1) is 11.8 Å². The van der Waals surface area contributed by atoms with E-state index in [2.05, 4.69) is 5.32 Å². The molecule has 1 saturated heterocycles. The third-order valence-electron chi connectivity index (χ3n) is 3.14. The van der Waals surface area contributed by atoms with Gasteiger partial charge in [0, 0.05) is 21.0 Å². The van der Waals surface area contributed by atoms with Gasteiger partial charge >= 0.3 is 5.97 Å². The summed E-state index contributed by atoms with van der Waals surface area (Å²) in [7, 11) is -2.97. The number of ether oxygens (including phenoxy) is 1. The van der Waals surface area contributed by atoms with Crippen molar-refractivity contribution in [3.63, 3.8) is 0 Å². The average Bonchev–Trinajstić information content (AvgIpc) is 2.81. The van der Waals surface area contributed by atoms with Crippen LogP contribution in [0.1, 0.15) is 6.42 Å². The lowest BCUT2D eigenvalue weighted by molar-refractivity contribution is -0.144. The molecule has 6 nitrogen and oxygen atoms in total. The Morgan fingerprint density at radius 1 is 1.25 bits per heavy atom. The van der Waals surface area contributed by atoms with Crippen LogP contribution in [0.25, 0.3) is 0 Å². The highest BCUT2D eigenvalue weighted by Gasteiger charge is 2.28. The van der Waals surface area contributed by atoms with Crippen molar-refractivity contribution in [3.05, 3.63) is 28.2 Å². The van der Waals surface area contributed by atoms with E-state index in [1.165, 1.54) is 30.0 Å². The number of esters is 1. The number of anilines is 1. The largest absolute Gasteiger partial charge is 0.455 e. The van der Waals surface area contributed by atoms with Gasteiger partial charge in [-0.3, -0.25) is 9.59 Å². The highest BCUT2D eigenvalue weighted by molar-refractivity contribution is 8.02. The first kappa shape index (κ1) is 19.4. The number of rotatable bonds is 6. The number of carbonyl (C=O) groups excluding carboxylic acids is 2. The fourth-order valence-corrected chi connectivity index (χ4v) is 6.05. The average molecular weight is 412 g/mol. The minimum Gasteiger partial charge on any atom is -0.455 e. The normalized spacial score (nSPS) is 19.0. The summed E-state index contributed by atoms with van der Waals surface area (Å²) < 4.78 is 27.5. The van der Waals surface area contributed by atoms with Crippen molar-refractivity contribution in [1.82, 2.24) is 0 Å². The summed E-state index contributed by atoms with van der Waals surface area (Å²) in [6.07, 6.45) is 0.538. The van der Waals surface area contributed by atoms with Crippen LogP contribution in [-0.2, 0) is 24.2 Å². The Bertz CT molecular complexity index is 718. The minimum atomic E-state index is -2.97. The topological polar surface area (TPSA) is 89.5 Å². The molecule has 1 atom stereocenters. The molecule has 0 bridgehead atoms. The molecule has 132 valence electrons. The number of hydrogen-bond donors (Lipinski definition) is 1. The Balaban J connectivity index is 1.70. The molecule has 2 rings (SSSR count). The molecule has 0 saturated carbocycles. The van der Waals surface area contributed by atoms with Crippen molar-refractivity contribution in [2.45, 2.75) is 11.7 Å². The summed E-state index contributed by atoms with van der Waals surface area (Å²) in [4.78, 5) is 23.3. The number of benzene rings is 1. The van der Waals surface area contributed by atoms with Crippen molar-refractivity contribution in [3.8, 4) is 0 Å². The van der Waals surface area contributed by atoms with Gasteiger partial charge in [0.1, 0.15) is 0 Å². The van der Waals surface area contributed by atoms with Gasteiger partial charge in [-0.25, -0.2) is 8.42 Å². The lowest BCUT2D eigenvalue weighted by Gasteiger charge is -2.09. The van der Waals surface area contributed by atoms with Crippen molar-refractivity contribution < 1.29 is 22.7 Å². The minimum absolute atomic E-state index is 0.0104. The number of halogens is 2. The molecule has 24 heavy (non-hydrogen) atoms. The van der Waals surface area contributed by atoms with E-state index < -0.39 is 28.3 Å². The molecule has 1 aromatic carbocycles. The molecule has 1 amide bonds. The fourth-order valence-electron chi connectivity index (χ4n) is 2.09. The Morgan fingerprint density at radius 3 is 2.50 bits per heavy atom. The standard InChI is InChI=1S/C14H15Cl2NO5S2/c15-9-3-10(16)5-11(4-9)17-13(18)6-22-14(19)7-23-12-1-2-24(20,21)8-12/h3-5,12H,1-2,6-8H2,(H,17,18)/t12-/m1/s1. The van der Waals surface area contributed by atoms with E-state index in [1.54, 1.807) is 0 Å². The number of carbonyl (C=O) groups is 2. The molecular formula is C14H15Cl2NO5S2. The molecular weight excluding hydrogens is 397 g/mol. The Kier molecular flexibility index (Phi) is 6.79. The predicted molar refractivity (Wildman–Crippen MR) is 95.6 cm³/mol. The SMILES string of the molecule is O=C(COC(=O)CS[C@@H]1CCS(=O)(=O)C1)Nc1cc(Cl)cc(Cl)c1. The summed E-state index contributed by atoms with van der Waals surface area (Å²) in [5.74, 6) is -0.833. The molecule has 1 N–H and O–H groups in total. The van der Waals surface area contributed by atoms with Crippen molar-refractivity contribution in [2.24, 2.45) is 0 Å². The number of amides is 1. The lowest BCUT2D eigenvalue weighted by atomic mass is 10.3. The fraction of sp³-hybridized carbons (Fsp3) is 0.429. The van der Waals surface area contributed by atoms with E-state index in [-0.39, 0.29) is 22.5 Å². The van der Waals surface area contributed by atoms with Gasteiger partial charge in [-0.05, 0) is 24.6 Å². The molecule has 1 aliphatic rings. The molecule has 0 spiro atoms. The van der Waals surface area contributed by atoms with Gasteiger partial charge in [0.25, 0.3) is 5.91 Å². The number of thioether (sulfide) groups is 1. The summed E-state index contributed by atoms with van der Waals surface area (Å²) in [5.41, 5.74) is 0.402. The first-order valence-electron chi connectivity index (χ1n) is 6.97. The van der Waals surface area contributed by atoms with Crippen LogP contribution in [0.3, 0.4) is 0 Å². The van der Waals surface area contributed by atoms with Crippen LogP contribution in [0, 0.1) is 0 Å². The van der Waals surface area contributed by atoms with E-state index in [4.69, 9.17) is 27.9 Å². The zero-order chi connectivity index (χ0) is 17.7. The molecule has 1 heterocycles. The maximum Gasteiger partial charge on any atom is 0.316 e. The summed E-state index contributed by atoms with van der Waals surface area (Å²) in [6, 6.07) is 4.56. The summed E-state index contributed by atoms with van der Waals surface area (Å²) >= 11 is 12.9. The smallest absolute Gasteiger partial charge is 0.316 e. The van der Waals surface area contributed by atoms with Gasteiger partial charge in [-0.1, -0.05) is 23.2 Å². The molecule has 0 unspecified atom stereocenters. The van der Waals surface area contributed by atoms with Crippen LogP contribution < -0.4 is 5.32 Å². The van der Waals surface area contributed by atoms with E-state index >= 15 is 0 Å². The van der Waals surface area contributed by atoms with Crippen LogP contribution in [-0.4, -0.2) is 49.4 Å². The lowest BCUT2D eigenvalue weighted by Crippen LogP contribution is -2.22. The summed E-state index contributed by atoms with van der Waals surface area (Å²) in [5, 5.41) is 3.17. The molecule has 0 aliphatic carbocycles. The van der Waals surface area contributed by atoms with Gasteiger partial charge in [0.2, 0.25) is 0 Å².